The Bertz CT molecular complexity index is 1270. The fourth-order valence-electron chi connectivity index (χ4n) is 4.29. The molecule has 0 bridgehead atoms. The average molecular weight is 482 g/mol. The van der Waals surface area contributed by atoms with Gasteiger partial charge in [-0.1, -0.05) is 30.3 Å². The Morgan fingerprint density at radius 3 is 2.61 bits per heavy atom. The molecule has 36 heavy (non-hydrogen) atoms. The lowest BCUT2D eigenvalue weighted by Gasteiger charge is -2.36. The summed E-state index contributed by atoms with van der Waals surface area (Å²) in [7, 11) is 0. The second-order valence-corrected chi connectivity index (χ2v) is 8.54. The third-order valence-electron chi connectivity index (χ3n) is 6.20. The number of aromatic nitrogens is 2. The molecule has 5 rings (SSSR count). The van der Waals surface area contributed by atoms with Gasteiger partial charge >= 0.3 is 0 Å². The summed E-state index contributed by atoms with van der Waals surface area (Å²) in [5.74, 6) is 1.58. The normalized spacial score (nSPS) is 15.9. The molecule has 0 atom stereocenters. The first kappa shape index (κ1) is 23.2. The first-order chi connectivity index (χ1) is 17.7. The van der Waals surface area contributed by atoms with Crippen LogP contribution in [0.15, 0.2) is 72.7 Å². The lowest BCUT2D eigenvalue weighted by Crippen LogP contribution is -2.48. The van der Waals surface area contributed by atoms with Gasteiger partial charge in [0.05, 0.1) is 11.4 Å². The number of carbonyl (C=O) groups is 1. The first-order valence-electron chi connectivity index (χ1n) is 12.0. The fraction of sp³-hybridized carbons (Fsp3) is 0.259. The van der Waals surface area contributed by atoms with Crippen LogP contribution in [0.3, 0.4) is 0 Å². The van der Waals surface area contributed by atoms with Gasteiger partial charge < -0.3 is 25.2 Å². The number of anilines is 3. The van der Waals surface area contributed by atoms with Crippen LogP contribution < -0.4 is 20.3 Å². The maximum absolute atomic E-state index is 12.7. The van der Waals surface area contributed by atoms with Crippen molar-refractivity contribution in [1.82, 2.24) is 14.9 Å². The molecule has 0 spiro atoms. The van der Waals surface area contributed by atoms with Gasteiger partial charge in [0, 0.05) is 51.0 Å². The summed E-state index contributed by atoms with van der Waals surface area (Å²) in [4.78, 5) is 25.6. The molecule has 9 heteroatoms. The zero-order valence-corrected chi connectivity index (χ0v) is 19.9. The van der Waals surface area contributed by atoms with Crippen LogP contribution >= 0.6 is 0 Å². The topological polar surface area (TPSA) is 106 Å². The van der Waals surface area contributed by atoms with Crippen molar-refractivity contribution in [3.63, 3.8) is 0 Å². The summed E-state index contributed by atoms with van der Waals surface area (Å²) >= 11 is 0. The fourth-order valence-corrected chi connectivity index (χ4v) is 4.29. The molecule has 2 aliphatic rings. The standard InChI is InChI=1S/C27H27N7O2/c28-19-21(26-31-23-9-4-5-10-24(23)36-26)22-12-14-30-27(32-22)29-13-6-11-25(35)34-17-15-33(16-18-34)20-7-2-1-3-8-20/h1-5,7-10,12,14,31H,6,11,13,15-18H2,(H,29,30,32)/b26-21+. The summed E-state index contributed by atoms with van der Waals surface area (Å²) in [5.41, 5.74) is 2.75. The van der Waals surface area contributed by atoms with E-state index in [2.05, 4.69) is 43.7 Å². The number of amides is 1. The van der Waals surface area contributed by atoms with Gasteiger partial charge in [0.25, 0.3) is 0 Å². The van der Waals surface area contributed by atoms with Crippen LogP contribution in [0.4, 0.5) is 17.3 Å². The number of carbonyl (C=O) groups excluding carboxylic acids is 1. The van der Waals surface area contributed by atoms with Crippen molar-refractivity contribution in [2.75, 3.05) is 48.3 Å². The van der Waals surface area contributed by atoms with E-state index in [-0.39, 0.29) is 5.91 Å². The molecule has 9 nitrogen and oxygen atoms in total. The van der Waals surface area contributed by atoms with E-state index in [9.17, 15) is 10.1 Å². The van der Waals surface area contributed by atoms with E-state index in [1.54, 1.807) is 12.3 Å². The van der Waals surface area contributed by atoms with Crippen LogP contribution in [0, 0.1) is 11.3 Å². The van der Waals surface area contributed by atoms with Crippen LogP contribution in [0.25, 0.3) is 5.57 Å². The zero-order valence-electron chi connectivity index (χ0n) is 19.9. The van der Waals surface area contributed by atoms with Crippen LogP contribution in [0.2, 0.25) is 0 Å². The van der Waals surface area contributed by atoms with E-state index in [1.807, 2.05) is 47.4 Å². The Morgan fingerprint density at radius 2 is 1.83 bits per heavy atom. The van der Waals surface area contributed by atoms with E-state index in [0.717, 1.165) is 31.9 Å². The number of allylic oxidation sites excluding steroid dienone is 1. The molecular weight excluding hydrogens is 454 g/mol. The quantitative estimate of drug-likeness (QED) is 0.389. The van der Waals surface area contributed by atoms with Gasteiger partial charge in [-0.2, -0.15) is 5.26 Å². The van der Waals surface area contributed by atoms with Gasteiger partial charge in [0.2, 0.25) is 17.7 Å². The highest BCUT2D eigenvalue weighted by Gasteiger charge is 2.23. The van der Waals surface area contributed by atoms with Crippen LogP contribution in [-0.2, 0) is 4.79 Å². The third-order valence-corrected chi connectivity index (χ3v) is 6.20. The number of benzene rings is 2. The predicted molar refractivity (Wildman–Crippen MR) is 138 cm³/mol. The van der Waals surface area contributed by atoms with Gasteiger partial charge in [-0.15, -0.1) is 0 Å². The van der Waals surface area contributed by atoms with Gasteiger partial charge in [0.15, 0.2) is 5.75 Å². The van der Waals surface area contributed by atoms with E-state index in [4.69, 9.17) is 4.74 Å². The maximum atomic E-state index is 12.7. The maximum Gasteiger partial charge on any atom is 0.223 e. The number of hydrogen-bond donors (Lipinski definition) is 2. The number of nitriles is 1. The van der Waals surface area contributed by atoms with Gasteiger partial charge in [-0.3, -0.25) is 4.79 Å². The number of hydrogen-bond acceptors (Lipinski definition) is 8. The second-order valence-electron chi connectivity index (χ2n) is 8.54. The van der Waals surface area contributed by atoms with Crippen molar-refractivity contribution >= 4 is 28.8 Å². The monoisotopic (exact) mass is 481 g/mol. The van der Waals surface area contributed by atoms with Crippen LogP contribution in [0.5, 0.6) is 5.75 Å². The molecule has 1 aromatic heterocycles. The Labute approximate surface area is 210 Å². The first-order valence-corrected chi connectivity index (χ1v) is 12.0. The highest BCUT2D eigenvalue weighted by Crippen LogP contribution is 2.35. The molecular formula is C27H27N7O2. The van der Waals surface area contributed by atoms with Crippen LogP contribution in [0.1, 0.15) is 18.5 Å². The average Bonchev–Trinajstić information content (AvgIpc) is 3.36. The molecule has 1 fully saturated rings. The Kier molecular flexibility index (Phi) is 6.94. The van der Waals surface area contributed by atoms with E-state index < -0.39 is 0 Å². The third kappa shape index (κ3) is 5.23. The molecule has 0 aliphatic carbocycles. The number of fused-ring (bicyclic) bond motifs is 1. The predicted octanol–water partition coefficient (Wildman–Crippen LogP) is 3.71. The number of nitrogens with one attached hydrogen (secondary N) is 2. The van der Waals surface area contributed by atoms with Crippen molar-refractivity contribution in [3.8, 4) is 11.8 Å². The molecule has 3 aromatic rings. The molecule has 1 amide bonds. The van der Waals surface area contributed by atoms with Crippen molar-refractivity contribution in [1.29, 1.82) is 5.26 Å². The largest absolute Gasteiger partial charge is 0.437 e. The summed E-state index contributed by atoms with van der Waals surface area (Å²) in [5, 5.41) is 16.0. The minimum Gasteiger partial charge on any atom is -0.437 e. The molecule has 2 aromatic carbocycles. The number of rotatable bonds is 7. The van der Waals surface area contributed by atoms with E-state index in [0.29, 0.717) is 48.2 Å². The molecule has 1 saturated heterocycles. The zero-order chi connectivity index (χ0) is 24.7. The molecule has 182 valence electrons. The summed E-state index contributed by atoms with van der Waals surface area (Å²) in [6.45, 7) is 3.71. The summed E-state index contributed by atoms with van der Waals surface area (Å²) < 4.78 is 5.79. The molecule has 3 heterocycles. The molecule has 0 saturated carbocycles. The number of para-hydroxylation sites is 3. The highest BCUT2D eigenvalue weighted by molar-refractivity contribution is 5.82. The molecule has 2 aliphatic heterocycles. The lowest BCUT2D eigenvalue weighted by molar-refractivity contribution is -0.131. The smallest absolute Gasteiger partial charge is 0.223 e. The van der Waals surface area contributed by atoms with E-state index >= 15 is 0 Å². The molecule has 0 unspecified atom stereocenters. The van der Waals surface area contributed by atoms with Crippen molar-refractivity contribution < 1.29 is 9.53 Å². The SMILES string of the molecule is N#C/C(=C1/Nc2ccccc2O1)c1ccnc(NCCCC(=O)N2CCN(c3ccccc3)CC2)n1. The minimum absolute atomic E-state index is 0.166. The van der Waals surface area contributed by atoms with Crippen LogP contribution in [-0.4, -0.2) is 53.5 Å². The van der Waals surface area contributed by atoms with E-state index in [1.165, 1.54) is 5.69 Å². The Balaban J connectivity index is 1.10. The van der Waals surface area contributed by atoms with Gasteiger partial charge in [-0.25, -0.2) is 9.97 Å². The minimum atomic E-state index is 0.166. The number of ether oxygens (including phenoxy) is 1. The van der Waals surface area contributed by atoms with Gasteiger partial charge in [-0.05, 0) is 36.8 Å². The number of nitrogens with zero attached hydrogens (tertiary/aromatic N) is 5. The van der Waals surface area contributed by atoms with Crippen molar-refractivity contribution in [2.24, 2.45) is 0 Å². The molecule has 0 radical (unpaired) electrons. The Hall–Kier alpha value is -4.58. The van der Waals surface area contributed by atoms with Gasteiger partial charge in [0.1, 0.15) is 11.6 Å². The van der Waals surface area contributed by atoms with Crippen molar-refractivity contribution in [2.45, 2.75) is 12.8 Å². The number of piperazine rings is 1. The van der Waals surface area contributed by atoms with Crippen molar-refractivity contribution in [3.05, 3.63) is 78.4 Å². The lowest BCUT2D eigenvalue weighted by atomic mass is 10.2. The Morgan fingerprint density at radius 1 is 1.06 bits per heavy atom. The highest BCUT2D eigenvalue weighted by atomic mass is 16.5. The summed E-state index contributed by atoms with van der Waals surface area (Å²) in [6, 6.07) is 21.6. The second kappa shape index (κ2) is 10.8. The summed E-state index contributed by atoms with van der Waals surface area (Å²) in [6.07, 6.45) is 2.72. The molecule has 2 N–H and O–H groups in total.